The van der Waals surface area contributed by atoms with Gasteiger partial charge in [-0.15, -0.1) is 0 Å². The van der Waals surface area contributed by atoms with Crippen molar-refractivity contribution in [3.8, 4) is 0 Å². The first-order valence-corrected chi connectivity index (χ1v) is 9.47. The van der Waals surface area contributed by atoms with Gasteiger partial charge < -0.3 is 4.74 Å². The first-order valence-electron chi connectivity index (χ1n) is 6.70. The number of sulfonamides is 1. The van der Waals surface area contributed by atoms with E-state index in [1.807, 2.05) is 37.3 Å². The van der Waals surface area contributed by atoms with Crippen molar-refractivity contribution >= 4 is 26.0 Å². The Hall–Kier alpha value is -0.430. The van der Waals surface area contributed by atoms with E-state index in [0.29, 0.717) is 11.9 Å². The zero-order valence-corrected chi connectivity index (χ0v) is 13.9. The second kappa shape index (κ2) is 6.56. The molecule has 0 spiro atoms. The van der Waals surface area contributed by atoms with Gasteiger partial charge in [0.15, 0.2) is 0 Å². The maximum Gasteiger partial charge on any atom is 0.214 e. The van der Waals surface area contributed by atoms with Gasteiger partial charge in [0.25, 0.3) is 0 Å². The minimum absolute atomic E-state index is 0.0302. The van der Waals surface area contributed by atoms with E-state index >= 15 is 0 Å². The summed E-state index contributed by atoms with van der Waals surface area (Å²) in [4.78, 5) is 0. The Balaban J connectivity index is 2.12. The number of halogens is 1. The minimum atomic E-state index is -3.39. The fourth-order valence-electron chi connectivity index (χ4n) is 2.37. The number of rotatable bonds is 6. The Morgan fingerprint density at radius 2 is 2.10 bits per heavy atom. The largest absolute Gasteiger partial charge is 0.377 e. The smallest absolute Gasteiger partial charge is 0.214 e. The number of hydrogen-bond acceptors (Lipinski definition) is 3. The molecular weight excluding hydrogens is 342 g/mol. The lowest BCUT2D eigenvalue weighted by Gasteiger charge is -2.29. The third-order valence-corrected chi connectivity index (χ3v) is 6.18. The summed E-state index contributed by atoms with van der Waals surface area (Å²) in [5.74, 6) is 0.0302. The summed E-state index contributed by atoms with van der Waals surface area (Å²) < 4.78 is 32.9. The number of ether oxygens (including phenoxy) is 1. The quantitative estimate of drug-likeness (QED) is 0.791. The van der Waals surface area contributed by atoms with E-state index in [1.165, 1.54) is 0 Å². The lowest BCUT2D eigenvalue weighted by Crippen LogP contribution is -2.47. The molecule has 2 rings (SSSR count). The third kappa shape index (κ3) is 4.04. The fourth-order valence-corrected chi connectivity index (χ4v) is 4.74. The lowest BCUT2D eigenvalue weighted by atomic mass is 9.96. The molecule has 1 saturated heterocycles. The molecule has 0 aromatic heterocycles. The lowest BCUT2D eigenvalue weighted by molar-refractivity contribution is 0.127. The van der Waals surface area contributed by atoms with E-state index in [2.05, 4.69) is 20.7 Å². The molecule has 1 N–H and O–H groups in total. The van der Waals surface area contributed by atoms with Crippen LogP contribution < -0.4 is 4.72 Å². The summed E-state index contributed by atoms with van der Waals surface area (Å²) in [6.07, 6.45) is 1.58. The van der Waals surface area contributed by atoms with Crippen LogP contribution in [0, 0.1) is 0 Å². The van der Waals surface area contributed by atoms with Crippen LogP contribution in [0.15, 0.2) is 30.3 Å². The first-order chi connectivity index (χ1) is 9.45. The summed E-state index contributed by atoms with van der Waals surface area (Å²) >= 11 is 3.42. The highest BCUT2D eigenvalue weighted by Crippen LogP contribution is 2.25. The van der Waals surface area contributed by atoms with Crippen LogP contribution in [0.1, 0.15) is 25.3 Å². The fraction of sp³-hybridized carbons (Fsp3) is 0.571. The zero-order valence-electron chi connectivity index (χ0n) is 11.5. The highest BCUT2D eigenvalue weighted by atomic mass is 79.9. The Labute approximate surface area is 129 Å². The zero-order chi connectivity index (χ0) is 14.6. The maximum absolute atomic E-state index is 12.3. The van der Waals surface area contributed by atoms with Gasteiger partial charge in [-0.05, 0) is 25.3 Å². The van der Waals surface area contributed by atoms with Crippen LogP contribution in [-0.2, 0) is 20.3 Å². The molecule has 0 aliphatic carbocycles. The van der Waals surface area contributed by atoms with Gasteiger partial charge in [0, 0.05) is 11.9 Å². The topological polar surface area (TPSA) is 55.4 Å². The molecule has 1 aliphatic heterocycles. The SMILES string of the molecule is CC(CBr)(NS(=O)(=O)CC1CCCO1)c1ccccc1. The molecule has 1 aromatic rings. The van der Waals surface area contributed by atoms with Crippen LogP contribution in [0.4, 0.5) is 0 Å². The van der Waals surface area contributed by atoms with Crippen molar-refractivity contribution in [2.24, 2.45) is 0 Å². The van der Waals surface area contributed by atoms with Crippen molar-refractivity contribution in [1.29, 1.82) is 0 Å². The standard InChI is InChI=1S/C14H20BrNO3S/c1-14(11-15,12-6-3-2-4-7-12)16-20(17,18)10-13-8-5-9-19-13/h2-4,6-7,13,16H,5,8-11H2,1H3. The molecule has 6 heteroatoms. The Morgan fingerprint density at radius 3 is 2.65 bits per heavy atom. The molecule has 1 fully saturated rings. The number of nitrogens with one attached hydrogen (secondary N) is 1. The molecule has 20 heavy (non-hydrogen) atoms. The molecule has 2 unspecified atom stereocenters. The van der Waals surface area contributed by atoms with Crippen molar-refractivity contribution in [2.75, 3.05) is 17.7 Å². The number of hydrogen-bond donors (Lipinski definition) is 1. The third-order valence-electron chi connectivity index (χ3n) is 3.49. The second-order valence-corrected chi connectivity index (χ2v) is 7.68. The molecule has 1 aromatic carbocycles. The molecule has 4 nitrogen and oxygen atoms in total. The second-order valence-electron chi connectivity index (χ2n) is 5.35. The number of alkyl halides is 1. The van der Waals surface area contributed by atoms with E-state index in [0.717, 1.165) is 18.4 Å². The van der Waals surface area contributed by atoms with Crippen LogP contribution in [0.2, 0.25) is 0 Å². The summed E-state index contributed by atoms with van der Waals surface area (Å²) in [5, 5.41) is 0.509. The van der Waals surface area contributed by atoms with E-state index in [9.17, 15) is 8.42 Å². The summed E-state index contributed by atoms with van der Waals surface area (Å²) in [6, 6.07) is 9.58. The van der Waals surface area contributed by atoms with E-state index in [1.54, 1.807) is 0 Å². The van der Waals surface area contributed by atoms with E-state index in [4.69, 9.17) is 4.74 Å². The molecule has 2 atom stereocenters. The molecule has 1 aliphatic rings. The molecule has 112 valence electrons. The van der Waals surface area contributed by atoms with Crippen LogP contribution in [0.3, 0.4) is 0 Å². The van der Waals surface area contributed by atoms with Crippen molar-refractivity contribution in [3.63, 3.8) is 0 Å². The van der Waals surface area contributed by atoms with Gasteiger partial charge in [-0.1, -0.05) is 46.3 Å². The molecule has 0 amide bonds. The van der Waals surface area contributed by atoms with Gasteiger partial charge >= 0.3 is 0 Å². The average molecular weight is 362 g/mol. The predicted molar refractivity (Wildman–Crippen MR) is 83.5 cm³/mol. The van der Waals surface area contributed by atoms with Crippen molar-refractivity contribution in [1.82, 2.24) is 4.72 Å². The van der Waals surface area contributed by atoms with E-state index in [-0.39, 0.29) is 11.9 Å². The molecular formula is C14H20BrNO3S. The van der Waals surface area contributed by atoms with Crippen LogP contribution in [-0.4, -0.2) is 32.2 Å². The Kier molecular flexibility index (Phi) is 5.23. The van der Waals surface area contributed by atoms with Crippen molar-refractivity contribution in [2.45, 2.75) is 31.4 Å². The molecule has 0 radical (unpaired) electrons. The normalized spacial score (nSPS) is 22.6. The van der Waals surface area contributed by atoms with Gasteiger partial charge in [-0.2, -0.15) is 0 Å². The maximum atomic E-state index is 12.3. The Bertz CT molecular complexity index is 529. The van der Waals surface area contributed by atoms with Crippen molar-refractivity contribution in [3.05, 3.63) is 35.9 Å². The Morgan fingerprint density at radius 1 is 1.40 bits per heavy atom. The van der Waals surface area contributed by atoms with Crippen LogP contribution >= 0.6 is 15.9 Å². The van der Waals surface area contributed by atoms with E-state index < -0.39 is 15.6 Å². The highest BCUT2D eigenvalue weighted by molar-refractivity contribution is 9.09. The first kappa shape index (κ1) is 15.9. The summed E-state index contributed by atoms with van der Waals surface area (Å²) in [7, 11) is -3.39. The molecule has 0 saturated carbocycles. The van der Waals surface area contributed by atoms with Crippen LogP contribution in [0.5, 0.6) is 0 Å². The number of benzene rings is 1. The van der Waals surface area contributed by atoms with Gasteiger partial charge in [0.05, 0.1) is 17.4 Å². The van der Waals surface area contributed by atoms with Gasteiger partial charge in [-0.3, -0.25) is 0 Å². The van der Waals surface area contributed by atoms with Gasteiger partial charge in [-0.25, -0.2) is 13.1 Å². The molecule has 0 bridgehead atoms. The summed E-state index contributed by atoms with van der Waals surface area (Å²) in [5.41, 5.74) is 0.284. The molecule has 1 heterocycles. The summed E-state index contributed by atoms with van der Waals surface area (Å²) in [6.45, 7) is 2.54. The van der Waals surface area contributed by atoms with Crippen LogP contribution in [0.25, 0.3) is 0 Å². The predicted octanol–water partition coefficient (Wildman–Crippen LogP) is 2.40. The van der Waals surface area contributed by atoms with Gasteiger partial charge in [0.2, 0.25) is 10.0 Å². The average Bonchev–Trinajstić information content (AvgIpc) is 2.91. The highest BCUT2D eigenvalue weighted by Gasteiger charge is 2.32. The van der Waals surface area contributed by atoms with Gasteiger partial charge in [0.1, 0.15) is 0 Å². The minimum Gasteiger partial charge on any atom is -0.377 e. The monoisotopic (exact) mass is 361 g/mol. The van der Waals surface area contributed by atoms with Crippen molar-refractivity contribution < 1.29 is 13.2 Å².